The summed E-state index contributed by atoms with van der Waals surface area (Å²) in [6.07, 6.45) is 0.0315. The molecule has 0 bridgehead atoms. The lowest BCUT2D eigenvalue weighted by Gasteiger charge is -2.27. The van der Waals surface area contributed by atoms with E-state index in [0.717, 1.165) is 30.8 Å². The van der Waals surface area contributed by atoms with Crippen LogP contribution in [0.2, 0.25) is 0 Å². The van der Waals surface area contributed by atoms with Gasteiger partial charge in [-0.3, -0.25) is 9.58 Å². The maximum absolute atomic E-state index is 11.4. The monoisotopic (exact) mass is 379 g/mol. The zero-order valence-electron chi connectivity index (χ0n) is 15.1. The predicted molar refractivity (Wildman–Crippen MR) is 98.6 cm³/mol. The standard InChI is InChI=1S/C18H25N3O4S/c1-3-25-16-6-4-5-14(9-16)11-20-7-8-21-15(12-20)10-17(19-21)18(22)13-26(2,23)24/h4-6,9-10,18,22H,3,7-8,11-13H2,1-2H3/t18-/m0/s1. The van der Waals surface area contributed by atoms with Crippen molar-refractivity contribution in [3.63, 3.8) is 0 Å². The summed E-state index contributed by atoms with van der Waals surface area (Å²) in [6, 6.07) is 9.88. The molecule has 8 heteroatoms. The van der Waals surface area contributed by atoms with E-state index in [4.69, 9.17) is 4.74 Å². The molecule has 1 aromatic heterocycles. The minimum Gasteiger partial charge on any atom is -0.494 e. The van der Waals surface area contributed by atoms with Crippen LogP contribution >= 0.6 is 0 Å². The maximum Gasteiger partial charge on any atom is 0.150 e. The normalized spacial score (nSPS) is 16.3. The summed E-state index contributed by atoms with van der Waals surface area (Å²) in [5.41, 5.74) is 2.59. The van der Waals surface area contributed by atoms with Crippen molar-refractivity contribution >= 4 is 9.84 Å². The lowest BCUT2D eigenvalue weighted by atomic mass is 10.1. The molecule has 0 amide bonds. The molecule has 0 aliphatic carbocycles. The summed E-state index contributed by atoms with van der Waals surface area (Å²) in [6.45, 7) is 5.67. The van der Waals surface area contributed by atoms with Gasteiger partial charge in [-0.05, 0) is 30.7 Å². The Hall–Kier alpha value is -1.90. The molecule has 0 unspecified atom stereocenters. The van der Waals surface area contributed by atoms with Gasteiger partial charge in [-0.15, -0.1) is 0 Å². The van der Waals surface area contributed by atoms with E-state index in [1.54, 1.807) is 6.07 Å². The summed E-state index contributed by atoms with van der Waals surface area (Å²) in [4.78, 5) is 2.30. The second-order valence-electron chi connectivity index (χ2n) is 6.68. The van der Waals surface area contributed by atoms with Crippen molar-refractivity contribution in [3.05, 3.63) is 47.3 Å². The van der Waals surface area contributed by atoms with Crippen LogP contribution < -0.4 is 4.74 Å². The topological polar surface area (TPSA) is 84.7 Å². The van der Waals surface area contributed by atoms with Crippen LogP contribution in [0.4, 0.5) is 0 Å². The van der Waals surface area contributed by atoms with Crippen molar-refractivity contribution in [2.45, 2.75) is 32.7 Å². The van der Waals surface area contributed by atoms with E-state index in [9.17, 15) is 13.5 Å². The first-order valence-electron chi connectivity index (χ1n) is 8.70. The van der Waals surface area contributed by atoms with Crippen LogP contribution in [0.1, 0.15) is 30.0 Å². The van der Waals surface area contributed by atoms with Gasteiger partial charge in [-0.1, -0.05) is 12.1 Å². The molecule has 0 spiro atoms. The SMILES string of the molecule is CCOc1cccc(CN2CCn3nc([C@@H](O)CS(C)(=O)=O)cc3C2)c1. The molecule has 1 atom stereocenters. The lowest BCUT2D eigenvalue weighted by molar-refractivity contribution is 0.191. The molecule has 0 saturated carbocycles. The maximum atomic E-state index is 11.4. The van der Waals surface area contributed by atoms with Crippen LogP contribution in [0.5, 0.6) is 5.75 Å². The Balaban J connectivity index is 1.67. The van der Waals surface area contributed by atoms with E-state index in [1.807, 2.05) is 23.7 Å². The van der Waals surface area contributed by atoms with Crippen LogP contribution in [0, 0.1) is 0 Å². The Labute approximate surface area is 154 Å². The third-order valence-corrected chi connectivity index (χ3v) is 5.23. The van der Waals surface area contributed by atoms with Gasteiger partial charge in [0.25, 0.3) is 0 Å². The largest absolute Gasteiger partial charge is 0.494 e. The molecule has 1 aliphatic rings. The number of fused-ring (bicyclic) bond motifs is 1. The number of benzene rings is 1. The number of nitrogens with zero attached hydrogens (tertiary/aromatic N) is 3. The van der Waals surface area contributed by atoms with Gasteiger partial charge in [-0.2, -0.15) is 5.10 Å². The number of ether oxygens (including phenoxy) is 1. The molecular weight excluding hydrogens is 354 g/mol. The van der Waals surface area contributed by atoms with Gasteiger partial charge in [0.2, 0.25) is 0 Å². The van der Waals surface area contributed by atoms with Crippen LogP contribution in [-0.4, -0.2) is 53.4 Å². The molecule has 1 N–H and O–H groups in total. The molecule has 7 nitrogen and oxygen atoms in total. The first-order chi connectivity index (χ1) is 12.3. The van der Waals surface area contributed by atoms with Gasteiger partial charge in [0.15, 0.2) is 0 Å². The molecule has 0 saturated heterocycles. The van der Waals surface area contributed by atoms with Crippen molar-refractivity contribution < 1.29 is 18.3 Å². The van der Waals surface area contributed by atoms with E-state index in [-0.39, 0.29) is 5.75 Å². The van der Waals surface area contributed by atoms with Crippen molar-refractivity contribution in [2.24, 2.45) is 0 Å². The molecule has 2 aromatic rings. The number of aliphatic hydroxyl groups excluding tert-OH is 1. The number of rotatable bonds is 7. The Morgan fingerprint density at radius 2 is 2.12 bits per heavy atom. The van der Waals surface area contributed by atoms with Crippen molar-refractivity contribution in [1.29, 1.82) is 0 Å². The fourth-order valence-electron chi connectivity index (χ4n) is 3.17. The van der Waals surface area contributed by atoms with Gasteiger partial charge in [0.1, 0.15) is 21.7 Å². The fourth-order valence-corrected chi connectivity index (χ4v) is 3.92. The minimum atomic E-state index is -3.25. The van der Waals surface area contributed by atoms with E-state index < -0.39 is 15.9 Å². The molecule has 1 aliphatic heterocycles. The summed E-state index contributed by atoms with van der Waals surface area (Å²) in [7, 11) is -3.25. The quantitative estimate of drug-likeness (QED) is 0.782. The fraction of sp³-hybridized carbons (Fsp3) is 0.500. The van der Waals surface area contributed by atoms with Crippen molar-refractivity contribution in [3.8, 4) is 5.75 Å². The number of hydrogen-bond acceptors (Lipinski definition) is 6. The highest BCUT2D eigenvalue weighted by molar-refractivity contribution is 7.90. The van der Waals surface area contributed by atoms with Crippen LogP contribution in [0.25, 0.3) is 0 Å². The Kier molecular flexibility index (Phi) is 5.64. The Morgan fingerprint density at radius 1 is 1.31 bits per heavy atom. The van der Waals surface area contributed by atoms with Gasteiger partial charge >= 0.3 is 0 Å². The third-order valence-electron chi connectivity index (χ3n) is 4.31. The Bertz CT molecular complexity index is 863. The van der Waals surface area contributed by atoms with E-state index >= 15 is 0 Å². The molecular formula is C18H25N3O4S. The number of sulfone groups is 1. The van der Waals surface area contributed by atoms with E-state index in [2.05, 4.69) is 22.1 Å². The highest BCUT2D eigenvalue weighted by Gasteiger charge is 2.23. The number of aliphatic hydroxyl groups is 1. The third kappa shape index (κ3) is 4.84. The first kappa shape index (κ1) is 18.9. The van der Waals surface area contributed by atoms with Crippen LogP contribution in [-0.2, 0) is 29.5 Å². The van der Waals surface area contributed by atoms with Gasteiger partial charge in [0.05, 0.1) is 30.3 Å². The average molecular weight is 379 g/mol. The minimum absolute atomic E-state index is 0.308. The summed E-state index contributed by atoms with van der Waals surface area (Å²) >= 11 is 0. The van der Waals surface area contributed by atoms with E-state index in [1.165, 1.54) is 5.56 Å². The molecule has 26 heavy (non-hydrogen) atoms. The number of hydrogen-bond donors (Lipinski definition) is 1. The van der Waals surface area contributed by atoms with Crippen molar-refractivity contribution in [2.75, 3.05) is 25.2 Å². The lowest BCUT2D eigenvalue weighted by Crippen LogP contribution is -2.33. The smallest absolute Gasteiger partial charge is 0.150 e. The molecule has 142 valence electrons. The zero-order valence-corrected chi connectivity index (χ0v) is 15.9. The van der Waals surface area contributed by atoms with Crippen LogP contribution in [0.15, 0.2) is 30.3 Å². The second-order valence-corrected chi connectivity index (χ2v) is 8.87. The van der Waals surface area contributed by atoms with Crippen LogP contribution in [0.3, 0.4) is 0 Å². The Morgan fingerprint density at radius 3 is 2.85 bits per heavy atom. The zero-order chi connectivity index (χ0) is 18.7. The first-order valence-corrected chi connectivity index (χ1v) is 10.8. The average Bonchev–Trinajstić information content (AvgIpc) is 2.97. The van der Waals surface area contributed by atoms with E-state index in [0.29, 0.717) is 25.4 Å². The molecule has 1 aromatic carbocycles. The molecule has 0 fully saturated rings. The molecule has 3 rings (SSSR count). The van der Waals surface area contributed by atoms with Gasteiger partial charge in [-0.25, -0.2) is 8.42 Å². The summed E-state index contributed by atoms with van der Waals surface area (Å²) in [5, 5.41) is 14.5. The highest BCUT2D eigenvalue weighted by Crippen LogP contribution is 2.21. The summed E-state index contributed by atoms with van der Waals surface area (Å²) in [5.74, 6) is 0.565. The predicted octanol–water partition coefficient (Wildman–Crippen LogP) is 1.38. The van der Waals surface area contributed by atoms with Gasteiger partial charge in [0, 0.05) is 25.9 Å². The summed E-state index contributed by atoms with van der Waals surface area (Å²) < 4.78 is 30.2. The highest BCUT2D eigenvalue weighted by atomic mass is 32.2. The number of aromatic nitrogens is 2. The molecule has 2 heterocycles. The second kappa shape index (κ2) is 7.77. The van der Waals surface area contributed by atoms with Gasteiger partial charge < -0.3 is 9.84 Å². The van der Waals surface area contributed by atoms with Crippen molar-refractivity contribution in [1.82, 2.24) is 14.7 Å². The molecule has 0 radical (unpaired) electrons.